The zero-order valence-electron chi connectivity index (χ0n) is 11.1. The number of nitrogens with zero attached hydrogens (tertiary/aromatic N) is 2. The molecule has 2 aromatic rings. The first-order chi connectivity index (χ1) is 8.50. The molecule has 96 valence electrons. The van der Waals surface area contributed by atoms with Crippen molar-refractivity contribution in [2.75, 3.05) is 0 Å². The van der Waals surface area contributed by atoms with E-state index < -0.39 is 0 Å². The molecule has 5 heteroatoms. The Labute approximate surface area is 106 Å². The molecular formula is C13H18N4O. The molecule has 0 aromatic carbocycles. The monoisotopic (exact) mass is 246 g/mol. The van der Waals surface area contributed by atoms with E-state index in [1.807, 2.05) is 27.8 Å². The van der Waals surface area contributed by atoms with Gasteiger partial charge in [0.2, 0.25) is 0 Å². The molecule has 2 rings (SSSR count). The van der Waals surface area contributed by atoms with E-state index in [2.05, 4.69) is 15.4 Å². The topological polar surface area (TPSA) is 62.7 Å². The highest BCUT2D eigenvalue weighted by Crippen LogP contribution is 2.17. The minimum atomic E-state index is -0.0653. The van der Waals surface area contributed by atoms with Crippen molar-refractivity contribution in [1.29, 1.82) is 0 Å². The lowest BCUT2D eigenvalue weighted by atomic mass is 10.1. The molecule has 1 atom stereocenters. The second-order valence-electron chi connectivity index (χ2n) is 4.52. The van der Waals surface area contributed by atoms with E-state index >= 15 is 0 Å². The van der Waals surface area contributed by atoms with Gasteiger partial charge in [0, 0.05) is 30.2 Å². The quantitative estimate of drug-likeness (QED) is 0.868. The van der Waals surface area contributed by atoms with Gasteiger partial charge in [0.25, 0.3) is 5.91 Å². The molecule has 0 aliphatic carbocycles. The highest BCUT2D eigenvalue weighted by molar-refractivity contribution is 5.95. The van der Waals surface area contributed by atoms with Crippen molar-refractivity contribution >= 4 is 5.91 Å². The Morgan fingerprint density at radius 3 is 2.72 bits per heavy atom. The maximum Gasteiger partial charge on any atom is 0.253 e. The van der Waals surface area contributed by atoms with E-state index in [1.165, 1.54) is 0 Å². The van der Waals surface area contributed by atoms with Crippen LogP contribution in [0, 0.1) is 13.8 Å². The number of rotatable bonds is 3. The summed E-state index contributed by atoms with van der Waals surface area (Å²) in [4.78, 5) is 15.1. The number of H-pyrrole nitrogens is 1. The van der Waals surface area contributed by atoms with Crippen molar-refractivity contribution in [3.05, 3.63) is 41.0 Å². The van der Waals surface area contributed by atoms with Crippen LogP contribution < -0.4 is 5.32 Å². The molecule has 18 heavy (non-hydrogen) atoms. The summed E-state index contributed by atoms with van der Waals surface area (Å²) in [6, 6.07) is 1.73. The zero-order chi connectivity index (χ0) is 13.3. The van der Waals surface area contributed by atoms with E-state index in [-0.39, 0.29) is 11.9 Å². The van der Waals surface area contributed by atoms with Crippen molar-refractivity contribution in [2.45, 2.75) is 26.8 Å². The highest BCUT2D eigenvalue weighted by Gasteiger charge is 2.16. The van der Waals surface area contributed by atoms with Gasteiger partial charge in [-0.3, -0.25) is 9.48 Å². The molecular weight excluding hydrogens is 228 g/mol. The second kappa shape index (κ2) is 4.68. The van der Waals surface area contributed by atoms with Gasteiger partial charge < -0.3 is 10.3 Å². The summed E-state index contributed by atoms with van der Waals surface area (Å²) < 4.78 is 1.81. The molecule has 0 radical (unpaired) electrons. The van der Waals surface area contributed by atoms with E-state index in [0.29, 0.717) is 5.56 Å². The number of aromatic nitrogens is 3. The minimum absolute atomic E-state index is 0.0551. The first-order valence-corrected chi connectivity index (χ1v) is 5.94. The summed E-state index contributed by atoms with van der Waals surface area (Å²) in [6.07, 6.45) is 3.56. The van der Waals surface area contributed by atoms with Crippen molar-refractivity contribution in [3.63, 3.8) is 0 Å². The van der Waals surface area contributed by atoms with Crippen molar-refractivity contribution in [1.82, 2.24) is 20.1 Å². The number of nitrogens with one attached hydrogen (secondary N) is 2. The molecule has 2 aromatic heterocycles. The van der Waals surface area contributed by atoms with Crippen LogP contribution in [-0.2, 0) is 7.05 Å². The Bertz CT molecular complexity index is 567. The smallest absolute Gasteiger partial charge is 0.253 e. The third-order valence-corrected chi connectivity index (χ3v) is 3.29. The largest absolute Gasteiger partial charge is 0.365 e. The van der Waals surface area contributed by atoms with Gasteiger partial charge in [-0.05, 0) is 26.8 Å². The lowest BCUT2D eigenvalue weighted by molar-refractivity contribution is 0.0939. The van der Waals surface area contributed by atoms with Crippen molar-refractivity contribution in [2.24, 2.45) is 7.05 Å². The Balaban J connectivity index is 2.13. The molecule has 5 nitrogen and oxygen atoms in total. The first-order valence-electron chi connectivity index (χ1n) is 5.94. The molecule has 0 saturated carbocycles. The van der Waals surface area contributed by atoms with Crippen LogP contribution in [-0.4, -0.2) is 20.7 Å². The number of amides is 1. The Morgan fingerprint density at radius 1 is 1.50 bits per heavy atom. The molecule has 0 aliphatic heterocycles. The fourth-order valence-corrected chi connectivity index (χ4v) is 1.99. The predicted octanol–water partition coefficient (Wildman–Crippen LogP) is 1.86. The van der Waals surface area contributed by atoms with Crippen molar-refractivity contribution < 1.29 is 4.79 Å². The highest BCUT2D eigenvalue weighted by atomic mass is 16.1. The Kier molecular flexibility index (Phi) is 3.23. The average molecular weight is 246 g/mol. The van der Waals surface area contributed by atoms with Gasteiger partial charge in [-0.1, -0.05) is 0 Å². The SMILES string of the molecule is Cc1[nH]ccc1C(=O)N[C@H](C)c1cnn(C)c1C. The first kappa shape index (κ1) is 12.4. The van der Waals surface area contributed by atoms with E-state index in [0.717, 1.165) is 17.0 Å². The summed E-state index contributed by atoms with van der Waals surface area (Å²) in [5.41, 5.74) is 3.67. The molecule has 1 amide bonds. The number of hydrogen-bond acceptors (Lipinski definition) is 2. The van der Waals surface area contributed by atoms with Gasteiger partial charge >= 0.3 is 0 Å². The summed E-state index contributed by atoms with van der Waals surface area (Å²) in [5, 5.41) is 7.17. The molecule has 0 spiro atoms. The summed E-state index contributed by atoms with van der Waals surface area (Å²) in [7, 11) is 1.89. The number of carbonyl (C=O) groups excluding carboxylic acids is 1. The van der Waals surface area contributed by atoms with Crippen LogP contribution in [0.1, 0.15) is 40.3 Å². The van der Waals surface area contributed by atoms with Crippen LogP contribution in [0.4, 0.5) is 0 Å². The number of aromatic amines is 1. The number of aryl methyl sites for hydroxylation is 2. The number of hydrogen-bond donors (Lipinski definition) is 2. The van der Waals surface area contributed by atoms with Crippen LogP contribution in [0.15, 0.2) is 18.5 Å². The normalized spacial score (nSPS) is 12.4. The fraction of sp³-hybridized carbons (Fsp3) is 0.385. The second-order valence-corrected chi connectivity index (χ2v) is 4.52. The third kappa shape index (κ3) is 2.16. The van der Waals surface area contributed by atoms with Crippen LogP contribution in [0.5, 0.6) is 0 Å². The van der Waals surface area contributed by atoms with Crippen LogP contribution in [0.3, 0.4) is 0 Å². The van der Waals surface area contributed by atoms with E-state index in [9.17, 15) is 4.79 Å². The standard InChI is InChI=1S/C13H18N4O/c1-8-11(5-6-14-8)13(18)16-9(2)12-7-15-17(4)10(12)3/h5-7,9,14H,1-4H3,(H,16,18)/t9-/m1/s1. The lowest BCUT2D eigenvalue weighted by Crippen LogP contribution is -2.27. The third-order valence-electron chi connectivity index (χ3n) is 3.29. The van der Waals surface area contributed by atoms with E-state index in [4.69, 9.17) is 0 Å². The lowest BCUT2D eigenvalue weighted by Gasteiger charge is -2.13. The Hall–Kier alpha value is -2.04. The van der Waals surface area contributed by atoms with Gasteiger partial charge in [0.1, 0.15) is 0 Å². The Morgan fingerprint density at radius 2 is 2.22 bits per heavy atom. The predicted molar refractivity (Wildman–Crippen MR) is 69.4 cm³/mol. The van der Waals surface area contributed by atoms with Gasteiger partial charge in [-0.2, -0.15) is 5.10 Å². The number of carbonyl (C=O) groups is 1. The molecule has 2 N–H and O–H groups in total. The minimum Gasteiger partial charge on any atom is -0.365 e. The summed E-state index contributed by atoms with van der Waals surface area (Å²) >= 11 is 0. The molecule has 0 saturated heterocycles. The molecule has 2 heterocycles. The average Bonchev–Trinajstić information content (AvgIpc) is 2.87. The fourth-order valence-electron chi connectivity index (χ4n) is 1.99. The van der Waals surface area contributed by atoms with Crippen LogP contribution in [0.25, 0.3) is 0 Å². The van der Waals surface area contributed by atoms with Gasteiger partial charge in [0.15, 0.2) is 0 Å². The van der Waals surface area contributed by atoms with Gasteiger partial charge in [-0.15, -0.1) is 0 Å². The van der Waals surface area contributed by atoms with Gasteiger partial charge in [-0.25, -0.2) is 0 Å². The summed E-state index contributed by atoms with van der Waals surface area (Å²) in [6.45, 7) is 5.84. The van der Waals surface area contributed by atoms with Gasteiger partial charge in [0.05, 0.1) is 17.8 Å². The molecule has 0 unspecified atom stereocenters. The van der Waals surface area contributed by atoms with Crippen molar-refractivity contribution in [3.8, 4) is 0 Å². The maximum atomic E-state index is 12.1. The van der Waals surface area contributed by atoms with E-state index in [1.54, 1.807) is 23.1 Å². The van der Waals surface area contributed by atoms with Crippen LogP contribution in [0.2, 0.25) is 0 Å². The molecule has 0 bridgehead atoms. The maximum absolute atomic E-state index is 12.1. The summed E-state index contributed by atoms with van der Waals surface area (Å²) in [5.74, 6) is -0.0653. The zero-order valence-corrected chi connectivity index (χ0v) is 11.1. The van der Waals surface area contributed by atoms with Crippen LogP contribution >= 0.6 is 0 Å². The molecule has 0 fully saturated rings. The molecule has 0 aliphatic rings.